The third-order valence-electron chi connectivity index (χ3n) is 2.88. The number of hydrogen-bond acceptors (Lipinski definition) is 4. The molecule has 0 aromatic heterocycles. The summed E-state index contributed by atoms with van der Waals surface area (Å²) in [5.41, 5.74) is 4.55. The molecule has 1 saturated carbocycles. The van der Waals surface area contributed by atoms with Gasteiger partial charge in [0.05, 0.1) is 0 Å². The van der Waals surface area contributed by atoms with Crippen molar-refractivity contribution in [2.75, 3.05) is 0 Å². The predicted octanol–water partition coefficient (Wildman–Crippen LogP) is -0.728. The van der Waals surface area contributed by atoms with Crippen LogP contribution in [-0.2, 0) is 9.59 Å². The molecule has 2 fully saturated rings. The normalized spacial score (nSPS) is 28.3. The Morgan fingerprint density at radius 3 is 2.13 bits per heavy atom. The van der Waals surface area contributed by atoms with Crippen molar-refractivity contribution in [2.45, 2.75) is 25.3 Å². The average Bonchev–Trinajstić information content (AvgIpc) is 2.46. The van der Waals surface area contributed by atoms with E-state index < -0.39 is 23.3 Å². The van der Waals surface area contributed by atoms with Crippen molar-refractivity contribution in [3.05, 3.63) is 0 Å². The fourth-order valence-electron chi connectivity index (χ4n) is 2.08. The maximum atomic E-state index is 11.5. The van der Waals surface area contributed by atoms with E-state index in [0.29, 0.717) is 19.3 Å². The number of barbiturate groups is 1. The molecule has 1 heterocycles. The summed E-state index contributed by atoms with van der Waals surface area (Å²) in [6, 6.07) is -0.884. The fourth-order valence-corrected chi connectivity index (χ4v) is 2.08. The van der Waals surface area contributed by atoms with Crippen molar-refractivity contribution in [1.82, 2.24) is 10.6 Å². The van der Waals surface area contributed by atoms with Gasteiger partial charge in [0.1, 0.15) is 5.41 Å². The number of carbonyl (C=O) groups is 3. The highest BCUT2D eigenvalue weighted by Gasteiger charge is 2.53. The van der Waals surface area contributed by atoms with Gasteiger partial charge in [0.2, 0.25) is 11.8 Å². The topological polar surface area (TPSA) is 101 Å². The molecule has 0 radical (unpaired) electrons. The Morgan fingerprint density at radius 1 is 1.20 bits per heavy atom. The number of carbonyl (C=O) groups excluding carboxylic acids is 3. The van der Waals surface area contributed by atoms with Gasteiger partial charge in [0.15, 0.2) is 0 Å². The van der Waals surface area contributed by atoms with Crippen molar-refractivity contribution in [3.63, 3.8) is 0 Å². The molecule has 0 aromatic carbocycles. The quantitative estimate of drug-likeness (QED) is 0.480. The molecule has 84 valence electrons. The summed E-state index contributed by atoms with van der Waals surface area (Å²) in [4.78, 5) is 33.9. The Labute approximate surface area is 92.4 Å². The molecule has 4 N–H and O–H groups in total. The van der Waals surface area contributed by atoms with Crippen LogP contribution in [0.5, 0.6) is 0 Å². The Kier molecular flexibility index (Phi) is 3.01. The van der Waals surface area contributed by atoms with E-state index >= 15 is 0 Å². The number of urea groups is 1. The van der Waals surface area contributed by atoms with Gasteiger partial charge in [-0.2, -0.15) is 0 Å². The van der Waals surface area contributed by atoms with Crippen molar-refractivity contribution in [3.8, 4) is 0 Å². The minimum atomic E-state index is -1.10. The Morgan fingerprint density at radius 2 is 1.73 bits per heavy atom. The zero-order valence-electron chi connectivity index (χ0n) is 7.91. The van der Waals surface area contributed by atoms with Crippen LogP contribution in [-0.4, -0.2) is 23.9 Å². The number of halogens is 1. The molecule has 2 aliphatic rings. The predicted molar refractivity (Wildman–Crippen MR) is 53.2 cm³/mol. The molecule has 1 unspecified atom stereocenters. The maximum absolute atomic E-state index is 11.5. The number of nitrogens with two attached hydrogens (primary N) is 1. The first kappa shape index (κ1) is 11.9. The molecule has 1 aliphatic carbocycles. The van der Waals surface area contributed by atoms with Gasteiger partial charge in [-0.15, -0.1) is 12.4 Å². The monoisotopic (exact) mass is 233 g/mol. The van der Waals surface area contributed by atoms with Gasteiger partial charge >= 0.3 is 6.03 Å². The van der Waals surface area contributed by atoms with Crippen LogP contribution in [0, 0.1) is 5.41 Å². The lowest BCUT2D eigenvalue weighted by atomic mass is 9.82. The molecule has 1 saturated heterocycles. The largest absolute Gasteiger partial charge is 0.328 e. The second kappa shape index (κ2) is 3.79. The summed E-state index contributed by atoms with van der Waals surface area (Å²) in [6.07, 6.45) is 1.37. The number of nitrogens with one attached hydrogen (secondary N) is 2. The van der Waals surface area contributed by atoms with Gasteiger partial charge in [-0.05, 0) is 19.3 Å². The molecule has 2 rings (SSSR count). The lowest BCUT2D eigenvalue weighted by Gasteiger charge is -2.29. The molecule has 1 aliphatic heterocycles. The minimum Gasteiger partial charge on any atom is -0.328 e. The lowest BCUT2D eigenvalue weighted by molar-refractivity contribution is -0.144. The van der Waals surface area contributed by atoms with Gasteiger partial charge in [-0.1, -0.05) is 0 Å². The van der Waals surface area contributed by atoms with E-state index in [-0.39, 0.29) is 18.4 Å². The van der Waals surface area contributed by atoms with Gasteiger partial charge in [0.25, 0.3) is 0 Å². The van der Waals surface area contributed by atoms with Crippen LogP contribution in [0.1, 0.15) is 19.3 Å². The van der Waals surface area contributed by atoms with Crippen LogP contribution < -0.4 is 16.4 Å². The smallest absolute Gasteiger partial charge is 0.328 e. The van der Waals surface area contributed by atoms with Crippen molar-refractivity contribution in [1.29, 1.82) is 0 Å². The number of hydrogen-bond donors (Lipinski definition) is 3. The van der Waals surface area contributed by atoms with E-state index in [2.05, 4.69) is 10.6 Å². The van der Waals surface area contributed by atoms with E-state index in [0.717, 1.165) is 0 Å². The van der Waals surface area contributed by atoms with Crippen LogP contribution >= 0.6 is 12.4 Å². The molecular weight excluding hydrogens is 222 g/mol. The summed E-state index contributed by atoms with van der Waals surface area (Å²) >= 11 is 0. The molecule has 7 heteroatoms. The molecular formula is C8H12ClN3O3. The van der Waals surface area contributed by atoms with Gasteiger partial charge in [-0.25, -0.2) is 4.79 Å². The lowest BCUT2D eigenvalue weighted by Crippen LogP contribution is -2.61. The average molecular weight is 234 g/mol. The highest BCUT2D eigenvalue weighted by molar-refractivity contribution is 6.19. The van der Waals surface area contributed by atoms with Crippen LogP contribution in [0.2, 0.25) is 0 Å². The van der Waals surface area contributed by atoms with E-state index in [1.165, 1.54) is 0 Å². The van der Waals surface area contributed by atoms with Crippen LogP contribution in [0.15, 0.2) is 0 Å². The number of imide groups is 2. The van der Waals surface area contributed by atoms with E-state index in [9.17, 15) is 14.4 Å². The highest BCUT2D eigenvalue weighted by atomic mass is 35.5. The van der Waals surface area contributed by atoms with Gasteiger partial charge in [0, 0.05) is 6.04 Å². The second-order valence-corrected chi connectivity index (χ2v) is 3.82. The molecule has 6 nitrogen and oxygen atoms in total. The highest BCUT2D eigenvalue weighted by Crippen LogP contribution is 2.39. The van der Waals surface area contributed by atoms with E-state index in [1.54, 1.807) is 0 Å². The molecule has 15 heavy (non-hydrogen) atoms. The van der Waals surface area contributed by atoms with Gasteiger partial charge in [-0.3, -0.25) is 20.2 Å². The summed E-state index contributed by atoms with van der Waals surface area (Å²) in [5, 5.41) is 4.20. The molecule has 4 amide bonds. The SMILES string of the molecule is Cl.NC1CCC2(C1)C(=O)NC(=O)NC2=O. The zero-order valence-corrected chi connectivity index (χ0v) is 8.73. The first-order valence-corrected chi connectivity index (χ1v) is 4.47. The minimum absolute atomic E-state index is 0. The number of rotatable bonds is 0. The molecule has 1 atom stereocenters. The summed E-state index contributed by atoms with van der Waals surface area (Å²) in [6.45, 7) is 0. The Balaban J connectivity index is 0.00000112. The first-order chi connectivity index (χ1) is 6.54. The maximum Gasteiger partial charge on any atom is 0.328 e. The van der Waals surface area contributed by atoms with Crippen molar-refractivity contribution in [2.24, 2.45) is 11.1 Å². The van der Waals surface area contributed by atoms with E-state index in [4.69, 9.17) is 5.73 Å². The Bertz CT molecular complexity index is 311. The van der Waals surface area contributed by atoms with E-state index in [1.807, 2.05) is 0 Å². The summed E-state index contributed by atoms with van der Waals surface area (Å²) in [5.74, 6) is -1.03. The molecule has 0 bridgehead atoms. The summed E-state index contributed by atoms with van der Waals surface area (Å²) < 4.78 is 0. The fraction of sp³-hybridized carbons (Fsp3) is 0.625. The molecule has 0 aromatic rings. The third-order valence-corrected chi connectivity index (χ3v) is 2.88. The number of amides is 4. The standard InChI is InChI=1S/C8H11N3O3.ClH/c9-4-1-2-8(3-4)5(12)10-7(14)11-6(8)13;/h4H,1-3,9H2,(H2,10,11,12,13,14);1H. The van der Waals surface area contributed by atoms with Crippen molar-refractivity contribution >= 4 is 30.3 Å². The first-order valence-electron chi connectivity index (χ1n) is 4.47. The molecule has 1 spiro atoms. The zero-order chi connectivity index (χ0) is 10.3. The Hall–Kier alpha value is -1.14. The summed E-state index contributed by atoms with van der Waals surface area (Å²) in [7, 11) is 0. The van der Waals surface area contributed by atoms with Crippen LogP contribution in [0.3, 0.4) is 0 Å². The second-order valence-electron chi connectivity index (χ2n) is 3.82. The van der Waals surface area contributed by atoms with Crippen LogP contribution in [0.4, 0.5) is 4.79 Å². The van der Waals surface area contributed by atoms with Crippen LogP contribution in [0.25, 0.3) is 0 Å². The van der Waals surface area contributed by atoms with Gasteiger partial charge < -0.3 is 5.73 Å². The third kappa shape index (κ3) is 1.70. The van der Waals surface area contributed by atoms with Crippen molar-refractivity contribution < 1.29 is 14.4 Å².